The highest BCUT2D eigenvalue weighted by Gasteiger charge is 2.23. The van der Waals surface area contributed by atoms with Crippen LogP contribution in [0.25, 0.3) is 0 Å². The van der Waals surface area contributed by atoms with Gasteiger partial charge in [0.2, 0.25) is 0 Å². The summed E-state index contributed by atoms with van der Waals surface area (Å²) in [6.45, 7) is 8.03. The number of hydrogen-bond donors (Lipinski definition) is 1. The topological polar surface area (TPSA) is 15.3 Å². The summed E-state index contributed by atoms with van der Waals surface area (Å²) < 4.78 is 0. The maximum Gasteiger partial charge on any atom is 0.0237 e. The van der Waals surface area contributed by atoms with Crippen molar-refractivity contribution in [3.8, 4) is 0 Å². The summed E-state index contributed by atoms with van der Waals surface area (Å²) in [5, 5.41) is 3.31. The van der Waals surface area contributed by atoms with Crippen LogP contribution in [0, 0.1) is 5.92 Å². The monoisotopic (exact) mass is 260 g/mol. The van der Waals surface area contributed by atoms with Crippen LogP contribution in [0.5, 0.6) is 0 Å². The van der Waals surface area contributed by atoms with Crippen LogP contribution in [0.2, 0.25) is 0 Å². The zero-order valence-electron chi connectivity index (χ0n) is 12.7. The van der Waals surface area contributed by atoms with Crippen LogP contribution in [-0.2, 0) is 13.0 Å². The number of likely N-dealkylation sites (N-methyl/N-ethyl adjacent to an activating group) is 1. The second kappa shape index (κ2) is 7.06. The number of hydrogen-bond acceptors (Lipinski definition) is 2. The number of nitrogens with one attached hydrogen (secondary N) is 1. The minimum Gasteiger partial charge on any atom is -0.318 e. The highest BCUT2D eigenvalue weighted by molar-refractivity contribution is 5.23. The van der Waals surface area contributed by atoms with Gasteiger partial charge < -0.3 is 5.32 Å². The molecule has 0 aliphatic carbocycles. The Bertz CT molecular complexity index is 369. The fourth-order valence-electron chi connectivity index (χ4n) is 3.06. The van der Waals surface area contributed by atoms with E-state index >= 15 is 0 Å². The molecule has 1 N–H and O–H groups in total. The van der Waals surface area contributed by atoms with Gasteiger partial charge in [-0.25, -0.2) is 0 Å². The summed E-state index contributed by atoms with van der Waals surface area (Å²) >= 11 is 0. The van der Waals surface area contributed by atoms with Crippen molar-refractivity contribution >= 4 is 0 Å². The Hall–Kier alpha value is -0.860. The van der Waals surface area contributed by atoms with Crippen molar-refractivity contribution < 1.29 is 0 Å². The van der Waals surface area contributed by atoms with Crippen LogP contribution in [0.15, 0.2) is 24.3 Å². The molecule has 19 heavy (non-hydrogen) atoms. The van der Waals surface area contributed by atoms with Gasteiger partial charge in [0.05, 0.1) is 0 Å². The van der Waals surface area contributed by atoms with Gasteiger partial charge >= 0.3 is 0 Å². The average Bonchev–Trinajstić information content (AvgIpc) is 2.79. The number of benzene rings is 1. The molecular formula is C17H28N2. The van der Waals surface area contributed by atoms with Gasteiger partial charge in [-0.15, -0.1) is 0 Å². The van der Waals surface area contributed by atoms with Crippen LogP contribution in [0.4, 0.5) is 0 Å². The predicted molar refractivity (Wildman–Crippen MR) is 82.3 cm³/mol. The maximum absolute atomic E-state index is 3.31. The molecule has 1 aliphatic rings. The van der Waals surface area contributed by atoms with Crippen LogP contribution in [-0.4, -0.2) is 31.1 Å². The van der Waals surface area contributed by atoms with E-state index in [0.29, 0.717) is 0 Å². The quantitative estimate of drug-likeness (QED) is 0.845. The highest BCUT2D eigenvalue weighted by atomic mass is 15.2. The Labute approximate surface area is 118 Å². The summed E-state index contributed by atoms with van der Waals surface area (Å²) in [4.78, 5) is 2.62. The third-order valence-corrected chi connectivity index (χ3v) is 3.99. The summed E-state index contributed by atoms with van der Waals surface area (Å²) in [6, 6.07) is 9.95. The second-order valence-corrected chi connectivity index (χ2v) is 6.24. The lowest BCUT2D eigenvalue weighted by Crippen LogP contribution is -2.36. The lowest BCUT2D eigenvalue weighted by Gasteiger charge is -2.24. The van der Waals surface area contributed by atoms with E-state index in [1.54, 1.807) is 0 Å². The molecule has 2 nitrogen and oxygen atoms in total. The molecule has 1 aromatic carbocycles. The van der Waals surface area contributed by atoms with Crippen LogP contribution in [0.3, 0.4) is 0 Å². The van der Waals surface area contributed by atoms with Gasteiger partial charge in [0.15, 0.2) is 0 Å². The smallest absolute Gasteiger partial charge is 0.0237 e. The SMILES string of the molecule is CNCC1CCCN1Cc1ccc(CC(C)C)cc1. The lowest BCUT2D eigenvalue weighted by molar-refractivity contribution is 0.242. The van der Waals surface area contributed by atoms with Gasteiger partial charge in [0, 0.05) is 19.1 Å². The van der Waals surface area contributed by atoms with Gasteiger partial charge in [-0.05, 0) is 49.9 Å². The maximum atomic E-state index is 3.31. The molecule has 106 valence electrons. The Kier molecular flexibility index (Phi) is 5.41. The van der Waals surface area contributed by atoms with Crippen LogP contribution < -0.4 is 5.32 Å². The highest BCUT2D eigenvalue weighted by Crippen LogP contribution is 2.20. The minimum absolute atomic E-state index is 0.723. The zero-order chi connectivity index (χ0) is 13.7. The van der Waals surface area contributed by atoms with Crippen LogP contribution in [0.1, 0.15) is 37.8 Å². The van der Waals surface area contributed by atoms with Gasteiger partial charge in [0.25, 0.3) is 0 Å². The van der Waals surface area contributed by atoms with E-state index < -0.39 is 0 Å². The fraction of sp³-hybridized carbons (Fsp3) is 0.647. The van der Waals surface area contributed by atoms with E-state index in [2.05, 4.69) is 55.4 Å². The molecule has 0 bridgehead atoms. The summed E-state index contributed by atoms with van der Waals surface area (Å²) in [7, 11) is 2.05. The molecular weight excluding hydrogens is 232 g/mol. The Morgan fingerprint density at radius 1 is 1.21 bits per heavy atom. The van der Waals surface area contributed by atoms with Crippen molar-refractivity contribution in [1.82, 2.24) is 10.2 Å². The molecule has 1 aliphatic heterocycles. The zero-order valence-corrected chi connectivity index (χ0v) is 12.7. The van der Waals surface area contributed by atoms with E-state index in [9.17, 15) is 0 Å². The number of nitrogens with zero attached hydrogens (tertiary/aromatic N) is 1. The largest absolute Gasteiger partial charge is 0.318 e. The summed E-state index contributed by atoms with van der Waals surface area (Å²) in [5.41, 5.74) is 2.92. The third-order valence-electron chi connectivity index (χ3n) is 3.99. The molecule has 2 heteroatoms. The van der Waals surface area contributed by atoms with Crippen molar-refractivity contribution in [2.45, 2.75) is 45.7 Å². The molecule has 2 rings (SSSR count). The Morgan fingerprint density at radius 3 is 2.53 bits per heavy atom. The molecule has 0 aromatic heterocycles. The van der Waals surface area contributed by atoms with E-state index in [4.69, 9.17) is 0 Å². The van der Waals surface area contributed by atoms with Crippen molar-refractivity contribution in [3.63, 3.8) is 0 Å². The first kappa shape index (κ1) is 14.5. The Balaban J connectivity index is 1.91. The minimum atomic E-state index is 0.723. The van der Waals surface area contributed by atoms with E-state index in [0.717, 1.165) is 25.0 Å². The molecule has 1 aromatic rings. The first-order valence-corrected chi connectivity index (χ1v) is 7.65. The van der Waals surface area contributed by atoms with Crippen molar-refractivity contribution in [2.24, 2.45) is 5.92 Å². The Morgan fingerprint density at radius 2 is 1.89 bits per heavy atom. The summed E-state index contributed by atoms with van der Waals surface area (Å²) in [5.74, 6) is 0.740. The molecule has 1 atom stereocenters. The molecule has 1 unspecified atom stereocenters. The normalized spacial score (nSPS) is 20.3. The first-order valence-electron chi connectivity index (χ1n) is 7.65. The van der Waals surface area contributed by atoms with Gasteiger partial charge in [-0.2, -0.15) is 0 Å². The average molecular weight is 260 g/mol. The van der Waals surface area contributed by atoms with E-state index in [1.807, 2.05) is 0 Å². The molecule has 0 saturated carbocycles. The second-order valence-electron chi connectivity index (χ2n) is 6.24. The molecule has 0 radical (unpaired) electrons. The number of likely N-dealkylation sites (tertiary alicyclic amines) is 1. The molecule has 0 spiro atoms. The fourth-order valence-corrected chi connectivity index (χ4v) is 3.06. The van der Waals surface area contributed by atoms with E-state index in [-0.39, 0.29) is 0 Å². The van der Waals surface area contributed by atoms with Crippen LogP contribution >= 0.6 is 0 Å². The number of rotatable bonds is 6. The lowest BCUT2D eigenvalue weighted by atomic mass is 10.0. The van der Waals surface area contributed by atoms with E-state index in [1.165, 1.54) is 36.9 Å². The molecule has 1 heterocycles. The van der Waals surface area contributed by atoms with Gasteiger partial charge in [0.1, 0.15) is 0 Å². The first-order chi connectivity index (χ1) is 9.19. The summed E-state index contributed by atoms with van der Waals surface area (Å²) in [6.07, 6.45) is 3.87. The molecule has 0 amide bonds. The van der Waals surface area contributed by atoms with Crippen molar-refractivity contribution in [2.75, 3.05) is 20.1 Å². The molecule has 1 fully saturated rings. The van der Waals surface area contributed by atoms with Gasteiger partial charge in [-0.1, -0.05) is 38.1 Å². The van der Waals surface area contributed by atoms with Crippen molar-refractivity contribution in [1.29, 1.82) is 0 Å². The van der Waals surface area contributed by atoms with Gasteiger partial charge in [-0.3, -0.25) is 4.90 Å². The predicted octanol–water partition coefficient (Wildman–Crippen LogP) is 3.07. The van der Waals surface area contributed by atoms with Crippen molar-refractivity contribution in [3.05, 3.63) is 35.4 Å². The standard InChI is InChI=1S/C17H28N2/c1-14(2)11-15-6-8-16(9-7-15)13-19-10-4-5-17(19)12-18-3/h6-9,14,17-18H,4-5,10-13H2,1-3H3. The molecule has 1 saturated heterocycles. The third kappa shape index (κ3) is 4.32.